The molecule has 0 unspecified atom stereocenters. The molecule has 0 bridgehead atoms. The molecule has 0 aromatic heterocycles. The van der Waals surface area contributed by atoms with Crippen LogP contribution in [0.2, 0.25) is 0 Å². The van der Waals surface area contributed by atoms with E-state index in [-0.39, 0.29) is 15.2 Å². The summed E-state index contributed by atoms with van der Waals surface area (Å²) < 4.78 is 18.1. The van der Waals surface area contributed by atoms with Gasteiger partial charge in [0.1, 0.15) is 0 Å². The van der Waals surface area contributed by atoms with E-state index in [0.717, 1.165) is 35.5 Å². The van der Waals surface area contributed by atoms with Crippen molar-refractivity contribution >= 4 is 29.8 Å². The van der Waals surface area contributed by atoms with Crippen LogP contribution in [0.1, 0.15) is 37.8 Å². The predicted molar refractivity (Wildman–Crippen MR) is 95.5 cm³/mol. The number of thiol groups is 1. The van der Waals surface area contributed by atoms with Gasteiger partial charge in [0.05, 0.1) is 0 Å². The number of fused-ring (bicyclic) bond motifs is 1. The summed E-state index contributed by atoms with van der Waals surface area (Å²) in [5, 5.41) is 0. The molecule has 0 spiro atoms. The van der Waals surface area contributed by atoms with Crippen LogP contribution in [0.4, 0.5) is 0 Å². The zero-order valence-corrected chi connectivity index (χ0v) is 15.7. The van der Waals surface area contributed by atoms with Gasteiger partial charge in [-0.1, -0.05) is 0 Å². The first-order valence-corrected chi connectivity index (χ1v) is 11.4. The Bertz CT molecular complexity index is 712. The molecule has 2 aromatic carbocycles. The number of hydrogen-bond donors (Lipinski definition) is 2. The van der Waals surface area contributed by atoms with Gasteiger partial charge in [-0.15, -0.1) is 0 Å². The molecule has 0 radical (unpaired) electrons. The van der Waals surface area contributed by atoms with Crippen LogP contribution in [0.5, 0.6) is 0 Å². The van der Waals surface area contributed by atoms with Gasteiger partial charge >= 0.3 is 141 Å². The monoisotopic (exact) mass is 381 g/mol. The van der Waals surface area contributed by atoms with E-state index >= 15 is 0 Å². The number of aryl methyl sites for hydroxylation is 2. The maximum atomic E-state index is 13.5. The Balaban J connectivity index is 1.94. The maximum absolute atomic E-state index is 13.5. The van der Waals surface area contributed by atoms with E-state index in [4.69, 9.17) is 0 Å². The van der Waals surface area contributed by atoms with Gasteiger partial charge < -0.3 is 0 Å². The van der Waals surface area contributed by atoms with E-state index in [1.165, 1.54) is 15.6 Å². The normalized spacial score (nSPS) is 17.2. The molecule has 0 fully saturated rings. The summed E-state index contributed by atoms with van der Waals surface area (Å²) in [6.45, 7) is 4.38. The fraction of sp³-hybridized carbons (Fsp3) is 0.333. The Morgan fingerprint density at radius 3 is 2.27 bits per heavy atom. The average molecular weight is 380 g/mol. The quantitative estimate of drug-likeness (QED) is 0.606. The number of benzene rings is 2. The van der Waals surface area contributed by atoms with Crippen molar-refractivity contribution in [3.05, 3.63) is 53.6 Å². The van der Waals surface area contributed by atoms with Crippen LogP contribution >= 0.6 is 0 Å². The minimum atomic E-state index is -2.61. The molecule has 3 rings (SSSR count). The molecule has 0 saturated carbocycles. The first-order valence-electron chi connectivity index (χ1n) is 7.94. The van der Waals surface area contributed by atoms with E-state index in [1.807, 2.05) is 12.1 Å². The Morgan fingerprint density at radius 1 is 0.955 bits per heavy atom. The third kappa shape index (κ3) is 2.93. The standard InChI is InChI=1S/C18H23NOSSe/c1-3-5-14-7-10-16(11-8-14)21(20)17-12-9-15(6-4-2)13-18(17)22-19-21/h7-13,21H,3-6H2,1-2H3,(H,19,20). The third-order valence-electron chi connectivity index (χ3n) is 4.02. The molecule has 118 valence electrons. The van der Waals surface area contributed by atoms with Crippen molar-refractivity contribution in [2.75, 3.05) is 0 Å². The van der Waals surface area contributed by atoms with Crippen LogP contribution in [-0.4, -0.2) is 19.4 Å². The zero-order valence-electron chi connectivity index (χ0n) is 13.1. The van der Waals surface area contributed by atoms with Crippen molar-refractivity contribution in [2.45, 2.75) is 49.3 Å². The Kier molecular flexibility index (Phi) is 4.84. The van der Waals surface area contributed by atoms with Crippen molar-refractivity contribution in [1.82, 2.24) is 3.74 Å². The molecular weight excluding hydrogens is 357 g/mol. The van der Waals surface area contributed by atoms with Gasteiger partial charge in [-0.05, 0) is 0 Å². The summed E-state index contributed by atoms with van der Waals surface area (Å²) in [5.41, 5.74) is 2.68. The van der Waals surface area contributed by atoms with Gasteiger partial charge in [0.25, 0.3) is 0 Å². The van der Waals surface area contributed by atoms with Crippen molar-refractivity contribution in [3.63, 3.8) is 0 Å². The number of rotatable bonds is 5. The molecular formula is C18H23NOSSe. The molecule has 1 heterocycles. The average Bonchev–Trinajstić information content (AvgIpc) is 2.87. The van der Waals surface area contributed by atoms with E-state index in [9.17, 15) is 4.21 Å². The molecule has 0 amide bonds. The summed E-state index contributed by atoms with van der Waals surface area (Å²) in [4.78, 5) is 1.96. The number of hydrogen-bond acceptors (Lipinski definition) is 1. The Labute approximate surface area is 140 Å². The molecule has 0 aliphatic carbocycles. The molecule has 0 saturated heterocycles. The fourth-order valence-electron chi connectivity index (χ4n) is 2.86. The van der Waals surface area contributed by atoms with Gasteiger partial charge in [0.2, 0.25) is 0 Å². The van der Waals surface area contributed by atoms with Crippen LogP contribution in [-0.2, 0) is 23.0 Å². The summed E-state index contributed by atoms with van der Waals surface area (Å²) >= 11 is 0.108. The SMILES string of the molecule is CCCc1ccc([SH]2(=O)N[Se]c3cc(CCC)ccc32)cc1. The van der Waals surface area contributed by atoms with Crippen molar-refractivity contribution in [1.29, 1.82) is 0 Å². The minimum absolute atomic E-state index is 0.108. The van der Waals surface area contributed by atoms with Crippen LogP contribution in [0.15, 0.2) is 52.3 Å². The zero-order chi connectivity index (χ0) is 15.6. The second-order valence-corrected chi connectivity index (χ2v) is 10.7. The first-order chi connectivity index (χ1) is 10.7. The molecule has 2 nitrogen and oxygen atoms in total. The van der Waals surface area contributed by atoms with Crippen molar-refractivity contribution in [2.24, 2.45) is 0 Å². The van der Waals surface area contributed by atoms with Crippen molar-refractivity contribution < 1.29 is 4.21 Å². The summed E-state index contributed by atoms with van der Waals surface area (Å²) in [5.74, 6) is 0. The van der Waals surface area contributed by atoms with Crippen LogP contribution in [0.25, 0.3) is 0 Å². The van der Waals surface area contributed by atoms with Gasteiger partial charge in [0.15, 0.2) is 0 Å². The number of nitrogens with one attached hydrogen (secondary N) is 1. The first kappa shape index (κ1) is 15.9. The molecule has 1 N–H and O–H groups in total. The Morgan fingerprint density at radius 2 is 1.59 bits per heavy atom. The molecule has 0 atom stereocenters. The Hall–Kier alpha value is -0.931. The van der Waals surface area contributed by atoms with Crippen LogP contribution in [0.3, 0.4) is 0 Å². The van der Waals surface area contributed by atoms with Gasteiger partial charge in [-0.25, -0.2) is 0 Å². The van der Waals surface area contributed by atoms with Crippen LogP contribution < -0.4 is 8.20 Å². The molecule has 22 heavy (non-hydrogen) atoms. The van der Waals surface area contributed by atoms with Gasteiger partial charge in [-0.3, -0.25) is 0 Å². The van der Waals surface area contributed by atoms with E-state index in [0.29, 0.717) is 0 Å². The summed E-state index contributed by atoms with van der Waals surface area (Å²) in [6.07, 6.45) is 4.47. The molecule has 1 aliphatic heterocycles. The van der Waals surface area contributed by atoms with E-state index in [2.05, 4.69) is 47.9 Å². The predicted octanol–water partition coefficient (Wildman–Crippen LogP) is 2.79. The second-order valence-electron chi connectivity index (χ2n) is 5.77. The van der Waals surface area contributed by atoms with Gasteiger partial charge in [-0.2, -0.15) is 0 Å². The van der Waals surface area contributed by atoms with Crippen LogP contribution in [0, 0.1) is 0 Å². The molecule has 1 aliphatic rings. The van der Waals surface area contributed by atoms with Crippen molar-refractivity contribution in [3.8, 4) is 0 Å². The summed E-state index contributed by atoms with van der Waals surface area (Å²) in [6, 6.07) is 14.8. The van der Waals surface area contributed by atoms with Gasteiger partial charge in [0, 0.05) is 0 Å². The topological polar surface area (TPSA) is 29.1 Å². The van der Waals surface area contributed by atoms with E-state index in [1.54, 1.807) is 0 Å². The fourth-order valence-corrected chi connectivity index (χ4v) is 9.36. The third-order valence-corrected chi connectivity index (χ3v) is 10.2. The molecule has 4 heteroatoms. The molecule has 2 aromatic rings. The second kappa shape index (κ2) is 6.67. The van der Waals surface area contributed by atoms with E-state index < -0.39 is 10.1 Å². The summed E-state index contributed by atoms with van der Waals surface area (Å²) in [7, 11) is -2.61.